The second-order valence-corrected chi connectivity index (χ2v) is 4.13. The van der Waals surface area contributed by atoms with E-state index in [1.54, 1.807) is 0 Å². The Morgan fingerprint density at radius 1 is 1.33 bits per heavy atom. The lowest BCUT2D eigenvalue weighted by molar-refractivity contribution is 0.739. The van der Waals surface area contributed by atoms with E-state index < -0.39 is 0 Å². The highest BCUT2D eigenvalue weighted by Gasteiger charge is 2.01. The van der Waals surface area contributed by atoms with Gasteiger partial charge < -0.3 is 5.73 Å². The molecule has 0 saturated carbocycles. The van der Waals surface area contributed by atoms with Crippen LogP contribution in [0, 0.1) is 6.92 Å². The fraction of sp³-hybridized carbons (Fsp3) is 0.308. The van der Waals surface area contributed by atoms with E-state index in [0.717, 1.165) is 12.1 Å². The lowest BCUT2D eigenvalue weighted by Crippen LogP contribution is -2.17. The van der Waals surface area contributed by atoms with E-state index in [1.165, 1.54) is 16.3 Å². The molecule has 2 heteroatoms. The van der Waals surface area contributed by atoms with Gasteiger partial charge in [0.15, 0.2) is 0 Å². The molecule has 0 aliphatic heterocycles. The van der Waals surface area contributed by atoms with Crippen LogP contribution in [0.1, 0.15) is 18.2 Å². The van der Waals surface area contributed by atoms with E-state index in [-0.39, 0.29) is 6.04 Å². The Morgan fingerprint density at radius 2 is 2.13 bits per heavy atom. The Morgan fingerprint density at radius 3 is 2.87 bits per heavy atom. The van der Waals surface area contributed by atoms with Crippen LogP contribution in [0.4, 0.5) is 0 Å². The molecule has 0 aliphatic rings. The van der Waals surface area contributed by atoms with Gasteiger partial charge in [-0.2, -0.15) is 0 Å². The van der Waals surface area contributed by atoms with Gasteiger partial charge in [0.1, 0.15) is 0 Å². The number of rotatable bonds is 2. The molecule has 15 heavy (non-hydrogen) atoms. The second kappa shape index (κ2) is 3.99. The molecule has 1 heterocycles. The van der Waals surface area contributed by atoms with Crippen molar-refractivity contribution in [1.29, 1.82) is 0 Å². The minimum Gasteiger partial charge on any atom is -0.328 e. The smallest absolute Gasteiger partial charge is 0.0451 e. The average molecular weight is 200 g/mol. The predicted molar refractivity (Wildman–Crippen MR) is 63.8 cm³/mol. The topological polar surface area (TPSA) is 38.9 Å². The zero-order valence-corrected chi connectivity index (χ0v) is 9.20. The van der Waals surface area contributed by atoms with Crippen LogP contribution >= 0.6 is 0 Å². The summed E-state index contributed by atoms with van der Waals surface area (Å²) in [5.74, 6) is 0. The van der Waals surface area contributed by atoms with E-state index in [2.05, 4.69) is 23.2 Å². The summed E-state index contributed by atoms with van der Waals surface area (Å²) < 4.78 is 0. The van der Waals surface area contributed by atoms with Crippen molar-refractivity contribution in [3.63, 3.8) is 0 Å². The zero-order valence-electron chi connectivity index (χ0n) is 9.20. The minimum atomic E-state index is 0.208. The van der Waals surface area contributed by atoms with Gasteiger partial charge in [-0.15, -0.1) is 0 Å². The van der Waals surface area contributed by atoms with Gasteiger partial charge in [0.2, 0.25) is 0 Å². The molecule has 2 nitrogen and oxygen atoms in total. The quantitative estimate of drug-likeness (QED) is 0.808. The predicted octanol–water partition coefficient (Wildman–Crippen LogP) is 2.43. The van der Waals surface area contributed by atoms with Crippen LogP contribution in [0.3, 0.4) is 0 Å². The highest BCUT2D eigenvalue weighted by Crippen LogP contribution is 2.18. The molecule has 1 aromatic heterocycles. The SMILES string of the molecule is Cc1nccc2ccc(CC(C)N)cc12. The molecule has 0 bridgehead atoms. The summed E-state index contributed by atoms with van der Waals surface area (Å²) in [6, 6.07) is 8.73. The number of hydrogen-bond acceptors (Lipinski definition) is 2. The number of nitrogens with two attached hydrogens (primary N) is 1. The Bertz CT molecular complexity index is 475. The third-order valence-corrected chi connectivity index (χ3v) is 2.59. The number of benzene rings is 1. The molecule has 2 rings (SSSR count). The first-order valence-electron chi connectivity index (χ1n) is 5.26. The number of aromatic nitrogens is 1. The van der Waals surface area contributed by atoms with Crippen molar-refractivity contribution in [3.8, 4) is 0 Å². The van der Waals surface area contributed by atoms with Gasteiger partial charge in [0.25, 0.3) is 0 Å². The Labute approximate surface area is 90.1 Å². The Kier molecular flexibility index (Phi) is 2.69. The van der Waals surface area contributed by atoms with Crippen molar-refractivity contribution >= 4 is 10.8 Å². The summed E-state index contributed by atoms with van der Waals surface area (Å²) in [6.45, 7) is 4.07. The van der Waals surface area contributed by atoms with Gasteiger partial charge >= 0.3 is 0 Å². The van der Waals surface area contributed by atoms with E-state index in [4.69, 9.17) is 5.73 Å². The first kappa shape index (κ1) is 10.1. The lowest BCUT2D eigenvalue weighted by atomic mass is 10.0. The largest absolute Gasteiger partial charge is 0.328 e. The average Bonchev–Trinajstić information content (AvgIpc) is 2.18. The molecule has 0 aliphatic carbocycles. The number of pyridine rings is 1. The van der Waals surface area contributed by atoms with Crippen LogP contribution in [0.15, 0.2) is 30.5 Å². The fourth-order valence-corrected chi connectivity index (χ4v) is 1.86. The molecule has 0 fully saturated rings. The van der Waals surface area contributed by atoms with Gasteiger partial charge in [-0.1, -0.05) is 12.1 Å². The van der Waals surface area contributed by atoms with Crippen LogP contribution in [0.25, 0.3) is 10.8 Å². The fourth-order valence-electron chi connectivity index (χ4n) is 1.86. The first-order valence-corrected chi connectivity index (χ1v) is 5.26. The summed E-state index contributed by atoms with van der Waals surface area (Å²) in [5.41, 5.74) is 8.16. The lowest BCUT2D eigenvalue weighted by Gasteiger charge is -2.07. The third kappa shape index (κ3) is 2.16. The van der Waals surface area contributed by atoms with Gasteiger partial charge in [-0.05, 0) is 43.4 Å². The Hall–Kier alpha value is -1.41. The zero-order chi connectivity index (χ0) is 10.8. The van der Waals surface area contributed by atoms with Gasteiger partial charge in [-0.25, -0.2) is 0 Å². The van der Waals surface area contributed by atoms with Crippen LogP contribution in [0.2, 0.25) is 0 Å². The van der Waals surface area contributed by atoms with Crippen LogP contribution in [-0.4, -0.2) is 11.0 Å². The maximum atomic E-state index is 5.79. The molecule has 2 aromatic rings. The minimum absolute atomic E-state index is 0.208. The summed E-state index contributed by atoms with van der Waals surface area (Å²) in [6.07, 6.45) is 2.77. The van der Waals surface area contributed by atoms with Gasteiger partial charge in [0, 0.05) is 23.3 Å². The molecular formula is C13H16N2. The van der Waals surface area contributed by atoms with Gasteiger partial charge in [0.05, 0.1) is 0 Å². The summed E-state index contributed by atoms with van der Waals surface area (Å²) in [5, 5.41) is 2.48. The molecule has 0 radical (unpaired) electrons. The number of hydrogen-bond donors (Lipinski definition) is 1. The van der Waals surface area contributed by atoms with E-state index in [9.17, 15) is 0 Å². The molecule has 1 atom stereocenters. The maximum absolute atomic E-state index is 5.79. The molecule has 78 valence electrons. The molecule has 1 unspecified atom stereocenters. The van der Waals surface area contributed by atoms with Crippen molar-refractivity contribution in [2.45, 2.75) is 26.3 Å². The van der Waals surface area contributed by atoms with Crippen LogP contribution in [0.5, 0.6) is 0 Å². The summed E-state index contributed by atoms with van der Waals surface area (Å²) in [4.78, 5) is 4.30. The first-order chi connectivity index (χ1) is 7.16. The van der Waals surface area contributed by atoms with Crippen molar-refractivity contribution in [3.05, 3.63) is 41.7 Å². The molecule has 0 amide bonds. The molecular weight excluding hydrogens is 184 g/mol. The highest BCUT2D eigenvalue weighted by atomic mass is 14.7. The standard InChI is InChI=1S/C13H16N2/c1-9(14)7-11-3-4-12-5-6-15-10(2)13(12)8-11/h3-6,8-9H,7,14H2,1-2H3. The number of fused-ring (bicyclic) bond motifs is 1. The van der Waals surface area contributed by atoms with E-state index in [0.29, 0.717) is 0 Å². The van der Waals surface area contributed by atoms with Crippen LogP contribution in [-0.2, 0) is 6.42 Å². The monoisotopic (exact) mass is 200 g/mol. The summed E-state index contributed by atoms with van der Waals surface area (Å²) >= 11 is 0. The van der Waals surface area contributed by atoms with Crippen molar-refractivity contribution in [1.82, 2.24) is 4.98 Å². The molecule has 2 N–H and O–H groups in total. The molecule has 0 saturated heterocycles. The second-order valence-electron chi connectivity index (χ2n) is 4.13. The van der Waals surface area contributed by atoms with Gasteiger partial charge in [-0.3, -0.25) is 4.98 Å². The normalized spacial score (nSPS) is 13.0. The van der Waals surface area contributed by atoms with E-state index in [1.807, 2.05) is 26.1 Å². The third-order valence-electron chi connectivity index (χ3n) is 2.59. The van der Waals surface area contributed by atoms with Crippen LogP contribution < -0.4 is 5.73 Å². The number of aryl methyl sites for hydroxylation is 1. The van der Waals surface area contributed by atoms with Crippen molar-refractivity contribution < 1.29 is 0 Å². The van der Waals surface area contributed by atoms with Crippen molar-refractivity contribution in [2.75, 3.05) is 0 Å². The summed E-state index contributed by atoms with van der Waals surface area (Å²) in [7, 11) is 0. The Balaban J connectivity index is 2.50. The number of nitrogens with zero attached hydrogens (tertiary/aromatic N) is 1. The van der Waals surface area contributed by atoms with Crippen molar-refractivity contribution in [2.24, 2.45) is 5.73 Å². The highest BCUT2D eigenvalue weighted by molar-refractivity contribution is 5.84. The molecule has 0 spiro atoms. The molecule has 1 aromatic carbocycles. The van der Waals surface area contributed by atoms with E-state index >= 15 is 0 Å². The maximum Gasteiger partial charge on any atom is 0.0451 e.